The zero-order valence-electron chi connectivity index (χ0n) is 12.1. The number of hydrogen-bond acceptors (Lipinski definition) is 2. The molecule has 2 rings (SSSR count). The molecular formula is C16H23NO2. The molecule has 3 heteroatoms. The lowest BCUT2D eigenvalue weighted by atomic mass is 10.0. The van der Waals surface area contributed by atoms with E-state index in [2.05, 4.69) is 38.4 Å². The quantitative estimate of drug-likeness (QED) is 0.844. The van der Waals surface area contributed by atoms with Gasteiger partial charge in [0.1, 0.15) is 6.61 Å². The van der Waals surface area contributed by atoms with Crippen LogP contribution in [0.2, 0.25) is 0 Å². The fraction of sp³-hybridized carbons (Fsp3) is 0.562. The monoisotopic (exact) mass is 261 g/mol. The zero-order valence-corrected chi connectivity index (χ0v) is 12.1. The Balaban J connectivity index is 1.87. The van der Waals surface area contributed by atoms with Crippen LogP contribution in [0.1, 0.15) is 47.9 Å². The van der Waals surface area contributed by atoms with Crippen LogP contribution in [0.25, 0.3) is 0 Å². The normalized spacial score (nSPS) is 15.7. The third-order valence-electron chi connectivity index (χ3n) is 3.96. The molecule has 104 valence electrons. The van der Waals surface area contributed by atoms with Crippen molar-refractivity contribution in [2.45, 2.75) is 53.1 Å². The fourth-order valence-corrected chi connectivity index (χ4v) is 2.89. The second-order valence-electron chi connectivity index (χ2n) is 5.61. The van der Waals surface area contributed by atoms with E-state index in [1.165, 1.54) is 16.7 Å². The van der Waals surface area contributed by atoms with Gasteiger partial charge in [0.25, 0.3) is 0 Å². The number of hydroxylamine groups is 1. The second-order valence-corrected chi connectivity index (χ2v) is 5.61. The summed E-state index contributed by atoms with van der Waals surface area (Å²) in [6.07, 6.45) is 4.32. The van der Waals surface area contributed by atoms with Gasteiger partial charge in [-0.2, -0.15) is 0 Å². The zero-order chi connectivity index (χ0) is 13.8. The summed E-state index contributed by atoms with van der Waals surface area (Å²) in [6.45, 7) is 6.69. The highest BCUT2D eigenvalue weighted by atomic mass is 16.6. The van der Waals surface area contributed by atoms with Crippen LogP contribution in [-0.4, -0.2) is 5.91 Å². The van der Waals surface area contributed by atoms with Crippen LogP contribution in [0.4, 0.5) is 0 Å². The molecule has 3 nitrogen and oxygen atoms in total. The first-order valence-electron chi connectivity index (χ1n) is 7.06. The predicted molar refractivity (Wildman–Crippen MR) is 75.5 cm³/mol. The molecule has 0 spiro atoms. The van der Waals surface area contributed by atoms with Gasteiger partial charge in [0.05, 0.1) is 0 Å². The summed E-state index contributed by atoms with van der Waals surface area (Å²) in [5.41, 5.74) is 7.46. The number of nitrogens with one attached hydrogen (secondary N) is 1. The number of carbonyl (C=O) groups excluding carboxylic acids is 1. The molecule has 0 atom stereocenters. The van der Waals surface area contributed by atoms with E-state index in [1.54, 1.807) is 0 Å². The molecule has 1 fully saturated rings. The van der Waals surface area contributed by atoms with Crippen molar-refractivity contribution in [1.82, 2.24) is 5.48 Å². The molecule has 19 heavy (non-hydrogen) atoms. The smallest absolute Gasteiger partial charge is 0.246 e. The summed E-state index contributed by atoms with van der Waals surface area (Å²) in [4.78, 5) is 17.2. The minimum absolute atomic E-state index is 0.0416. The topological polar surface area (TPSA) is 38.3 Å². The fourth-order valence-electron chi connectivity index (χ4n) is 2.89. The second kappa shape index (κ2) is 6.20. The van der Waals surface area contributed by atoms with Crippen molar-refractivity contribution in [3.8, 4) is 0 Å². The van der Waals surface area contributed by atoms with Gasteiger partial charge < -0.3 is 0 Å². The third-order valence-corrected chi connectivity index (χ3v) is 3.96. The standard InChI is InChI=1S/C16H23NO2/c1-11-8-12(2)15(13(3)9-11)10-19-17-16(18)14-6-4-5-7-14/h8-9,14H,4-7,10H2,1-3H3,(H,17,18). The van der Waals surface area contributed by atoms with Crippen molar-refractivity contribution < 1.29 is 9.63 Å². The number of rotatable bonds is 4. The van der Waals surface area contributed by atoms with Gasteiger partial charge in [0.2, 0.25) is 5.91 Å². The molecule has 1 aromatic carbocycles. The van der Waals surface area contributed by atoms with Gasteiger partial charge >= 0.3 is 0 Å². The molecule has 1 saturated carbocycles. The van der Waals surface area contributed by atoms with Gasteiger partial charge in [-0.05, 0) is 50.3 Å². The minimum atomic E-state index is 0.0416. The molecule has 1 amide bonds. The van der Waals surface area contributed by atoms with Crippen LogP contribution in [0.5, 0.6) is 0 Å². The van der Waals surface area contributed by atoms with Crippen molar-refractivity contribution in [2.24, 2.45) is 5.92 Å². The molecular weight excluding hydrogens is 238 g/mol. The van der Waals surface area contributed by atoms with E-state index < -0.39 is 0 Å². The maximum Gasteiger partial charge on any atom is 0.246 e. The number of carbonyl (C=O) groups is 1. The molecule has 0 aliphatic heterocycles. The minimum Gasteiger partial charge on any atom is -0.273 e. The Bertz CT molecular complexity index is 439. The molecule has 0 bridgehead atoms. The highest BCUT2D eigenvalue weighted by Crippen LogP contribution is 2.24. The van der Waals surface area contributed by atoms with Gasteiger partial charge in [-0.1, -0.05) is 30.5 Å². The van der Waals surface area contributed by atoms with E-state index >= 15 is 0 Å². The molecule has 1 aliphatic rings. The average molecular weight is 261 g/mol. The first-order chi connectivity index (χ1) is 9.08. The Labute approximate surface area is 115 Å². The third kappa shape index (κ3) is 3.57. The summed E-state index contributed by atoms with van der Waals surface area (Å²) in [6, 6.07) is 4.29. The molecule has 1 aromatic rings. The predicted octanol–water partition coefficient (Wildman–Crippen LogP) is 3.35. The summed E-state index contributed by atoms with van der Waals surface area (Å²) in [7, 11) is 0. The van der Waals surface area contributed by atoms with Crippen LogP contribution >= 0.6 is 0 Å². The first-order valence-corrected chi connectivity index (χ1v) is 7.06. The lowest BCUT2D eigenvalue weighted by Crippen LogP contribution is -2.29. The van der Waals surface area contributed by atoms with Crippen molar-refractivity contribution in [3.63, 3.8) is 0 Å². The van der Waals surface area contributed by atoms with E-state index in [4.69, 9.17) is 4.84 Å². The summed E-state index contributed by atoms with van der Waals surface area (Å²) >= 11 is 0. The van der Waals surface area contributed by atoms with Crippen molar-refractivity contribution >= 4 is 5.91 Å². The Kier molecular flexibility index (Phi) is 4.59. The van der Waals surface area contributed by atoms with Crippen LogP contribution in [0.15, 0.2) is 12.1 Å². The Morgan fingerprint density at radius 2 is 1.79 bits per heavy atom. The molecule has 1 aliphatic carbocycles. The molecule has 1 N–H and O–H groups in total. The van der Waals surface area contributed by atoms with Gasteiger partial charge in [-0.25, -0.2) is 5.48 Å². The van der Waals surface area contributed by atoms with Crippen molar-refractivity contribution in [2.75, 3.05) is 0 Å². The Morgan fingerprint density at radius 1 is 1.21 bits per heavy atom. The first kappa shape index (κ1) is 14.1. The van der Waals surface area contributed by atoms with Crippen molar-refractivity contribution in [1.29, 1.82) is 0 Å². The maximum atomic E-state index is 11.8. The van der Waals surface area contributed by atoms with Gasteiger partial charge in [-0.3, -0.25) is 9.63 Å². The highest BCUT2D eigenvalue weighted by molar-refractivity contribution is 5.77. The molecule has 0 saturated heterocycles. The number of benzene rings is 1. The largest absolute Gasteiger partial charge is 0.273 e. The lowest BCUT2D eigenvalue weighted by Gasteiger charge is -2.13. The van der Waals surface area contributed by atoms with Crippen LogP contribution < -0.4 is 5.48 Å². The maximum absolute atomic E-state index is 11.8. The van der Waals surface area contributed by atoms with E-state index in [0.29, 0.717) is 6.61 Å². The van der Waals surface area contributed by atoms with Crippen LogP contribution in [0, 0.1) is 26.7 Å². The highest BCUT2D eigenvalue weighted by Gasteiger charge is 2.22. The van der Waals surface area contributed by atoms with E-state index in [9.17, 15) is 4.79 Å². The number of hydrogen-bond donors (Lipinski definition) is 1. The number of amides is 1. The van der Waals surface area contributed by atoms with Crippen LogP contribution in [-0.2, 0) is 16.2 Å². The SMILES string of the molecule is Cc1cc(C)c(CONC(=O)C2CCCC2)c(C)c1. The summed E-state index contributed by atoms with van der Waals surface area (Å²) < 4.78 is 0. The lowest BCUT2D eigenvalue weighted by molar-refractivity contribution is -0.138. The molecule has 0 radical (unpaired) electrons. The summed E-state index contributed by atoms with van der Waals surface area (Å²) in [5.74, 6) is 0.195. The Hall–Kier alpha value is -1.35. The van der Waals surface area contributed by atoms with Crippen LogP contribution in [0.3, 0.4) is 0 Å². The molecule has 0 aromatic heterocycles. The number of aryl methyl sites for hydroxylation is 3. The molecule has 0 heterocycles. The molecule has 0 unspecified atom stereocenters. The average Bonchev–Trinajstić information content (AvgIpc) is 2.85. The van der Waals surface area contributed by atoms with E-state index in [-0.39, 0.29) is 11.8 Å². The van der Waals surface area contributed by atoms with Crippen molar-refractivity contribution in [3.05, 3.63) is 34.4 Å². The Morgan fingerprint density at radius 3 is 2.37 bits per heavy atom. The summed E-state index contributed by atoms with van der Waals surface area (Å²) in [5, 5.41) is 0. The van der Waals surface area contributed by atoms with Gasteiger partial charge in [0, 0.05) is 5.92 Å². The van der Waals surface area contributed by atoms with E-state index in [0.717, 1.165) is 31.2 Å². The van der Waals surface area contributed by atoms with Gasteiger partial charge in [-0.15, -0.1) is 0 Å². The van der Waals surface area contributed by atoms with Gasteiger partial charge in [0.15, 0.2) is 0 Å². The van der Waals surface area contributed by atoms with E-state index in [1.807, 2.05) is 0 Å².